The van der Waals surface area contributed by atoms with Crippen molar-refractivity contribution in [3.8, 4) is 5.75 Å². The third-order valence-corrected chi connectivity index (χ3v) is 3.90. The van der Waals surface area contributed by atoms with Crippen LogP contribution in [0.5, 0.6) is 5.75 Å². The van der Waals surface area contributed by atoms with Crippen LogP contribution in [-0.2, 0) is 11.3 Å². The van der Waals surface area contributed by atoms with E-state index in [2.05, 4.69) is 10.1 Å². The number of ether oxygens (including phenoxy) is 2. The van der Waals surface area contributed by atoms with Crippen molar-refractivity contribution in [2.45, 2.75) is 26.8 Å². The van der Waals surface area contributed by atoms with Crippen LogP contribution in [0.2, 0.25) is 0 Å². The van der Waals surface area contributed by atoms with E-state index in [1.54, 1.807) is 42.9 Å². The van der Waals surface area contributed by atoms with Crippen LogP contribution in [0, 0.1) is 6.92 Å². The number of hydrogen-bond acceptors (Lipinski definition) is 5. The van der Waals surface area contributed by atoms with Gasteiger partial charge in [0.25, 0.3) is 6.43 Å². The maximum Gasteiger partial charge on any atom is 0.357 e. The zero-order valence-corrected chi connectivity index (χ0v) is 15.0. The van der Waals surface area contributed by atoms with Crippen LogP contribution < -0.4 is 4.74 Å². The Morgan fingerprint density at radius 3 is 2.81 bits per heavy atom. The Balaban J connectivity index is 1.81. The number of pyridine rings is 1. The van der Waals surface area contributed by atoms with E-state index in [0.717, 1.165) is 11.1 Å². The molecule has 0 spiro atoms. The summed E-state index contributed by atoms with van der Waals surface area (Å²) in [6.45, 7) is 3.62. The molecule has 2 aromatic heterocycles. The molecule has 0 aliphatic rings. The Bertz CT molecular complexity index is 957. The fourth-order valence-electron chi connectivity index (χ4n) is 2.75. The highest BCUT2D eigenvalue weighted by molar-refractivity contribution is 6.01. The van der Waals surface area contributed by atoms with Crippen molar-refractivity contribution in [1.82, 2.24) is 14.8 Å². The van der Waals surface area contributed by atoms with Crippen LogP contribution in [0.1, 0.15) is 28.5 Å². The van der Waals surface area contributed by atoms with Gasteiger partial charge in [-0.15, -0.1) is 0 Å². The number of rotatable bonds is 7. The Labute approximate surface area is 154 Å². The number of carbonyl (C=O) groups is 1. The van der Waals surface area contributed by atoms with E-state index in [9.17, 15) is 13.6 Å². The lowest BCUT2D eigenvalue weighted by Crippen LogP contribution is -2.08. The molecule has 3 rings (SSSR count). The number of carbonyl (C=O) groups excluding carboxylic acids is 1. The molecule has 6 nitrogen and oxygen atoms in total. The number of halogens is 2. The minimum Gasteiger partial charge on any atom is -0.487 e. The van der Waals surface area contributed by atoms with E-state index in [1.165, 1.54) is 6.20 Å². The lowest BCUT2D eigenvalue weighted by Gasteiger charge is -2.10. The monoisotopic (exact) mass is 375 g/mol. The van der Waals surface area contributed by atoms with Crippen molar-refractivity contribution in [3.63, 3.8) is 0 Å². The van der Waals surface area contributed by atoms with Gasteiger partial charge in [-0.1, -0.05) is 12.1 Å². The summed E-state index contributed by atoms with van der Waals surface area (Å²) in [5.41, 5.74) is 2.56. The molecule has 27 heavy (non-hydrogen) atoms. The second kappa shape index (κ2) is 8.11. The Kier molecular flexibility index (Phi) is 5.63. The van der Waals surface area contributed by atoms with Crippen LogP contribution in [0.25, 0.3) is 10.9 Å². The van der Waals surface area contributed by atoms with E-state index < -0.39 is 19.0 Å². The fraction of sp³-hybridized carbons (Fsp3) is 0.316. The van der Waals surface area contributed by atoms with Gasteiger partial charge in [0.2, 0.25) is 0 Å². The van der Waals surface area contributed by atoms with Crippen molar-refractivity contribution in [2.24, 2.45) is 0 Å². The molecular weight excluding hydrogens is 356 g/mol. The second-order valence-electron chi connectivity index (χ2n) is 5.94. The van der Waals surface area contributed by atoms with Crippen molar-refractivity contribution < 1.29 is 23.0 Å². The molecule has 0 atom stereocenters. The molecule has 0 bridgehead atoms. The smallest absolute Gasteiger partial charge is 0.357 e. The van der Waals surface area contributed by atoms with Gasteiger partial charge in [0.05, 0.1) is 24.1 Å². The van der Waals surface area contributed by atoms with Crippen LogP contribution in [0.4, 0.5) is 8.78 Å². The predicted octanol–water partition coefficient (Wildman–Crippen LogP) is 3.61. The maximum atomic E-state index is 12.3. The van der Waals surface area contributed by atoms with Crippen molar-refractivity contribution >= 4 is 16.9 Å². The molecule has 0 fully saturated rings. The summed E-state index contributed by atoms with van der Waals surface area (Å²) >= 11 is 0. The number of alkyl halides is 2. The van der Waals surface area contributed by atoms with Crippen molar-refractivity contribution in [2.75, 3.05) is 13.2 Å². The fourth-order valence-corrected chi connectivity index (χ4v) is 2.75. The molecule has 0 radical (unpaired) electrons. The van der Waals surface area contributed by atoms with E-state index in [-0.39, 0.29) is 12.3 Å². The number of hydrogen-bond donors (Lipinski definition) is 0. The molecule has 0 aliphatic carbocycles. The van der Waals surface area contributed by atoms with E-state index in [0.29, 0.717) is 23.2 Å². The van der Waals surface area contributed by atoms with Gasteiger partial charge in [0.1, 0.15) is 12.4 Å². The first kappa shape index (κ1) is 18.8. The molecule has 0 aliphatic heterocycles. The quantitative estimate of drug-likeness (QED) is 0.590. The first-order valence-electron chi connectivity index (χ1n) is 8.47. The average Bonchev–Trinajstić information content (AvgIpc) is 3.03. The minimum absolute atomic E-state index is 0.229. The molecule has 8 heteroatoms. The second-order valence-corrected chi connectivity index (χ2v) is 5.94. The summed E-state index contributed by atoms with van der Waals surface area (Å²) < 4.78 is 36.4. The van der Waals surface area contributed by atoms with Crippen LogP contribution in [0.3, 0.4) is 0 Å². The number of aromatic nitrogens is 3. The predicted molar refractivity (Wildman–Crippen MR) is 95.3 cm³/mol. The number of benzene rings is 1. The molecule has 0 saturated carbocycles. The van der Waals surface area contributed by atoms with Gasteiger partial charge in [-0.05, 0) is 37.1 Å². The van der Waals surface area contributed by atoms with Gasteiger partial charge < -0.3 is 9.47 Å². The standard InChI is InChI=1S/C19H19F2N3O3/c1-3-26-19(25)18-14-10-24(23-15(14)6-7-22-18)9-13-4-5-16(12(2)8-13)27-11-17(20)21/h4-8,10,17H,3,9,11H2,1-2H3. The zero-order valence-electron chi connectivity index (χ0n) is 15.0. The lowest BCUT2D eigenvalue weighted by molar-refractivity contribution is 0.0522. The van der Waals surface area contributed by atoms with Crippen molar-refractivity contribution in [1.29, 1.82) is 0 Å². The van der Waals surface area contributed by atoms with E-state index in [4.69, 9.17) is 9.47 Å². The summed E-state index contributed by atoms with van der Waals surface area (Å²) in [4.78, 5) is 16.1. The third-order valence-electron chi connectivity index (χ3n) is 3.90. The highest BCUT2D eigenvalue weighted by Gasteiger charge is 2.15. The molecule has 1 aromatic carbocycles. The van der Waals surface area contributed by atoms with Gasteiger partial charge in [-0.2, -0.15) is 5.10 Å². The first-order valence-corrected chi connectivity index (χ1v) is 8.47. The molecule has 142 valence electrons. The SMILES string of the molecule is CCOC(=O)c1nccc2nn(Cc3ccc(OCC(F)F)c(C)c3)cc12. The third kappa shape index (κ3) is 4.39. The van der Waals surface area contributed by atoms with Gasteiger partial charge in [0, 0.05) is 12.4 Å². The topological polar surface area (TPSA) is 66.2 Å². The average molecular weight is 375 g/mol. The highest BCUT2D eigenvalue weighted by atomic mass is 19.3. The maximum absolute atomic E-state index is 12.3. The molecule has 2 heterocycles. The van der Waals surface area contributed by atoms with Crippen LogP contribution in [0.15, 0.2) is 36.7 Å². The molecule has 0 amide bonds. The Morgan fingerprint density at radius 2 is 2.11 bits per heavy atom. The summed E-state index contributed by atoms with van der Waals surface area (Å²) in [6.07, 6.45) is 0.749. The molecule has 0 saturated heterocycles. The molecule has 3 aromatic rings. The first-order chi connectivity index (χ1) is 13.0. The minimum atomic E-state index is -2.51. The van der Waals surface area contributed by atoms with Gasteiger partial charge >= 0.3 is 5.97 Å². The van der Waals surface area contributed by atoms with Gasteiger partial charge in [0.15, 0.2) is 5.69 Å². The molecule has 0 unspecified atom stereocenters. The number of nitrogens with zero attached hydrogens (tertiary/aromatic N) is 3. The molecular formula is C19H19F2N3O3. The van der Waals surface area contributed by atoms with E-state index in [1.807, 2.05) is 6.07 Å². The number of aryl methyl sites for hydroxylation is 1. The summed E-state index contributed by atoms with van der Waals surface area (Å²) in [7, 11) is 0. The van der Waals surface area contributed by atoms with Gasteiger partial charge in [-0.25, -0.2) is 18.6 Å². The van der Waals surface area contributed by atoms with E-state index >= 15 is 0 Å². The number of esters is 1. The zero-order chi connectivity index (χ0) is 19.4. The normalized spacial score (nSPS) is 11.1. The Morgan fingerprint density at radius 1 is 1.30 bits per heavy atom. The van der Waals surface area contributed by atoms with Crippen LogP contribution in [-0.4, -0.2) is 40.4 Å². The van der Waals surface area contributed by atoms with Crippen molar-refractivity contribution in [3.05, 3.63) is 53.5 Å². The van der Waals surface area contributed by atoms with Gasteiger partial charge in [-0.3, -0.25) is 4.68 Å². The lowest BCUT2D eigenvalue weighted by atomic mass is 10.1. The molecule has 0 N–H and O–H groups in total. The van der Waals surface area contributed by atoms with Crippen LogP contribution >= 0.6 is 0 Å². The summed E-state index contributed by atoms with van der Waals surface area (Å²) in [5, 5.41) is 5.08. The summed E-state index contributed by atoms with van der Waals surface area (Å²) in [5.74, 6) is -0.0579. The highest BCUT2D eigenvalue weighted by Crippen LogP contribution is 2.21. The summed E-state index contributed by atoms with van der Waals surface area (Å²) in [6, 6.07) is 7.05. The number of fused-ring (bicyclic) bond motifs is 1. The largest absolute Gasteiger partial charge is 0.487 e. The Hall–Kier alpha value is -3.03.